The van der Waals surface area contributed by atoms with E-state index in [1.807, 2.05) is 0 Å². The highest BCUT2D eigenvalue weighted by Crippen LogP contribution is 2.04. The minimum atomic E-state index is -0.0936. The van der Waals surface area contributed by atoms with E-state index in [4.69, 9.17) is 5.11 Å². The van der Waals surface area contributed by atoms with E-state index in [-0.39, 0.29) is 12.5 Å². The van der Waals surface area contributed by atoms with E-state index in [1.54, 1.807) is 36.7 Å². The number of carbonyl (C=O) groups excluding carboxylic acids is 1. The summed E-state index contributed by atoms with van der Waals surface area (Å²) in [5.41, 5.74) is 1.41. The molecular formula is C14H17N3O2. The van der Waals surface area contributed by atoms with Crippen LogP contribution in [0.25, 0.3) is 0 Å². The third kappa shape index (κ3) is 3.93. The lowest BCUT2D eigenvalue weighted by Gasteiger charge is -2.05. The molecule has 0 aliphatic heterocycles. The van der Waals surface area contributed by atoms with E-state index < -0.39 is 0 Å². The van der Waals surface area contributed by atoms with Gasteiger partial charge in [0.15, 0.2) is 0 Å². The number of aliphatic hydroxyl groups excluding tert-OH is 1. The number of amides is 1. The van der Waals surface area contributed by atoms with Crippen LogP contribution in [-0.4, -0.2) is 27.5 Å². The fraction of sp³-hybridized carbons (Fsp3) is 0.286. The first-order valence-corrected chi connectivity index (χ1v) is 6.26. The molecule has 0 saturated heterocycles. The van der Waals surface area contributed by atoms with Crippen molar-refractivity contribution < 1.29 is 9.90 Å². The number of nitrogens with one attached hydrogen (secondary N) is 2. The maximum absolute atomic E-state index is 11.8. The molecule has 0 saturated carbocycles. The molecule has 1 aromatic carbocycles. The van der Waals surface area contributed by atoms with Crippen LogP contribution >= 0.6 is 0 Å². The van der Waals surface area contributed by atoms with Gasteiger partial charge in [-0.1, -0.05) is 12.1 Å². The third-order valence-corrected chi connectivity index (χ3v) is 2.83. The van der Waals surface area contributed by atoms with E-state index in [0.717, 1.165) is 24.2 Å². The predicted octanol–water partition coefficient (Wildman–Crippen LogP) is 1.26. The van der Waals surface area contributed by atoms with Gasteiger partial charge in [-0.25, -0.2) is 4.98 Å². The van der Waals surface area contributed by atoms with Crippen LogP contribution in [-0.2, 0) is 13.0 Å². The molecule has 2 rings (SSSR count). The van der Waals surface area contributed by atoms with Crippen LogP contribution in [0.4, 0.5) is 0 Å². The summed E-state index contributed by atoms with van der Waals surface area (Å²) in [6, 6.07) is 6.93. The van der Waals surface area contributed by atoms with Crippen molar-refractivity contribution in [3.63, 3.8) is 0 Å². The summed E-state index contributed by atoms with van der Waals surface area (Å²) in [4.78, 5) is 18.9. The van der Waals surface area contributed by atoms with E-state index >= 15 is 0 Å². The summed E-state index contributed by atoms with van der Waals surface area (Å²) < 4.78 is 0. The number of nitrogens with zero attached hydrogens (tertiary/aromatic N) is 1. The Kier molecular flexibility index (Phi) is 4.69. The van der Waals surface area contributed by atoms with Gasteiger partial charge in [0.1, 0.15) is 5.82 Å². The van der Waals surface area contributed by atoms with Gasteiger partial charge in [0.2, 0.25) is 0 Å². The largest absolute Gasteiger partial charge is 0.392 e. The molecule has 5 nitrogen and oxygen atoms in total. The van der Waals surface area contributed by atoms with Crippen molar-refractivity contribution in [3.8, 4) is 0 Å². The molecule has 0 atom stereocenters. The van der Waals surface area contributed by atoms with Crippen LogP contribution in [0.3, 0.4) is 0 Å². The Morgan fingerprint density at radius 3 is 2.74 bits per heavy atom. The Balaban J connectivity index is 1.74. The molecule has 0 fully saturated rings. The quantitative estimate of drug-likeness (QED) is 0.683. The highest BCUT2D eigenvalue weighted by Gasteiger charge is 2.04. The van der Waals surface area contributed by atoms with E-state index in [2.05, 4.69) is 15.3 Å². The molecular weight excluding hydrogens is 242 g/mol. The summed E-state index contributed by atoms with van der Waals surface area (Å²) in [6.45, 7) is 0.604. The maximum Gasteiger partial charge on any atom is 0.251 e. The van der Waals surface area contributed by atoms with Gasteiger partial charge in [0.05, 0.1) is 6.61 Å². The van der Waals surface area contributed by atoms with Crippen LogP contribution < -0.4 is 5.32 Å². The molecule has 100 valence electrons. The van der Waals surface area contributed by atoms with Crippen molar-refractivity contribution in [2.45, 2.75) is 19.4 Å². The first-order chi connectivity index (χ1) is 9.29. The molecule has 0 spiro atoms. The Morgan fingerprint density at radius 1 is 1.32 bits per heavy atom. The molecule has 1 heterocycles. The number of aromatic amines is 1. The molecule has 5 heteroatoms. The highest BCUT2D eigenvalue weighted by atomic mass is 16.3. The fourth-order valence-corrected chi connectivity index (χ4v) is 1.76. The number of hydrogen-bond acceptors (Lipinski definition) is 3. The fourth-order valence-electron chi connectivity index (χ4n) is 1.76. The zero-order chi connectivity index (χ0) is 13.5. The smallest absolute Gasteiger partial charge is 0.251 e. The topological polar surface area (TPSA) is 78.0 Å². The van der Waals surface area contributed by atoms with Crippen LogP contribution in [0.1, 0.15) is 28.2 Å². The molecule has 1 amide bonds. The lowest BCUT2D eigenvalue weighted by molar-refractivity contribution is 0.0953. The number of rotatable bonds is 6. The number of imidazole rings is 1. The van der Waals surface area contributed by atoms with Crippen molar-refractivity contribution in [2.24, 2.45) is 0 Å². The molecule has 1 aromatic heterocycles. The molecule has 19 heavy (non-hydrogen) atoms. The average molecular weight is 259 g/mol. The lowest BCUT2D eigenvalue weighted by Crippen LogP contribution is -2.24. The van der Waals surface area contributed by atoms with Crippen LogP contribution in [0.5, 0.6) is 0 Å². The van der Waals surface area contributed by atoms with Crippen molar-refractivity contribution in [3.05, 3.63) is 53.6 Å². The van der Waals surface area contributed by atoms with Gasteiger partial charge < -0.3 is 15.4 Å². The molecule has 0 aliphatic rings. The second-order valence-corrected chi connectivity index (χ2v) is 4.25. The van der Waals surface area contributed by atoms with Gasteiger partial charge in [-0.2, -0.15) is 0 Å². The van der Waals surface area contributed by atoms with Gasteiger partial charge >= 0.3 is 0 Å². The van der Waals surface area contributed by atoms with Crippen LogP contribution in [0.15, 0.2) is 36.7 Å². The molecule has 0 aliphatic carbocycles. The first kappa shape index (κ1) is 13.3. The minimum absolute atomic E-state index is 0.00888. The lowest BCUT2D eigenvalue weighted by atomic mass is 10.1. The average Bonchev–Trinajstić information content (AvgIpc) is 2.96. The van der Waals surface area contributed by atoms with Crippen LogP contribution in [0.2, 0.25) is 0 Å². The maximum atomic E-state index is 11.8. The second kappa shape index (κ2) is 6.70. The van der Waals surface area contributed by atoms with Crippen LogP contribution in [0, 0.1) is 0 Å². The first-order valence-electron chi connectivity index (χ1n) is 6.26. The number of H-pyrrole nitrogens is 1. The Labute approximate surface area is 111 Å². The van der Waals surface area contributed by atoms with E-state index in [0.29, 0.717) is 12.1 Å². The summed E-state index contributed by atoms with van der Waals surface area (Å²) in [5.74, 6) is 0.838. The Morgan fingerprint density at radius 2 is 2.11 bits per heavy atom. The number of aromatic nitrogens is 2. The summed E-state index contributed by atoms with van der Waals surface area (Å²) >= 11 is 0. The third-order valence-electron chi connectivity index (χ3n) is 2.83. The molecule has 2 aromatic rings. The van der Waals surface area contributed by atoms with E-state index in [1.165, 1.54) is 0 Å². The zero-order valence-electron chi connectivity index (χ0n) is 10.6. The standard InChI is InChI=1S/C14H17N3O2/c18-10-11-3-5-12(6-4-11)14(19)17-7-1-2-13-15-8-9-16-13/h3-6,8-9,18H,1-2,7,10H2,(H,15,16)(H,17,19). The second-order valence-electron chi connectivity index (χ2n) is 4.25. The Bertz CT molecular complexity index is 506. The summed E-state index contributed by atoms with van der Waals surface area (Å²) in [7, 11) is 0. The number of carbonyl (C=O) groups is 1. The molecule has 0 bridgehead atoms. The van der Waals surface area contributed by atoms with Crippen molar-refractivity contribution in [2.75, 3.05) is 6.54 Å². The molecule has 0 unspecified atom stereocenters. The van der Waals surface area contributed by atoms with Gasteiger partial charge in [-0.05, 0) is 24.1 Å². The van der Waals surface area contributed by atoms with Gasteiger partial charge in [0.25, 0.3) is 5.91 Å². The number of hydrogen-bond donors (Lipinski definition) is 3. The normalized spacial score (nSPS) is 10.4. The zero-order valence-corrected chi connectivity index (χ0v) is 10.6. The SMILES string of the molecule is O=C(NCCCc1ncc[nH]1)c1ccc(CO)cc1. The van der Waals surface area contributed by atoms with Gasteiger partial charge in [-0.15, -0.1) is 0 Å². The monoisotopic (exact) mass is 259 g/mol. The summed E-state index contributed by atoms with van der Waals surface area (Å²) in [6.07, 6.45) is 5.16. The number of aryl methyl sites for hydroxylation is 1. The molecule has 0 radical (unpaired) electrons. The Hall–Kier alpha value is -2.14. The molecule has 3 N–H and O–H groups in total. The number of aliphatic hydroxyl groups is 1. The number of benzene rings is 1. The van der Waals surface area contributed by atoms with Crippen molar-refractivity contribution >= 4 is 5.91 Å². The van der Waals surface area contributed by atoms with Crippen molar-refractivity contribution in [1.82, 2.24) is 15.3 Å². The van der Waals surface area contributed by atoms with E-state index in [9.17, 15) is 4.79 Å². The van der Waals surface area contributed by atoms with Gasteiger partial charge in [-0.3, -0.25) is 4.79 Å². The highest BCUT2D eigenvalue weighted by molar-refractivity contribution is 5.94. The predicted molar refractivity (Wildman–Crippen MR) is 71.6 cm³/mol. The summed E-state index contributed by atoms with van der Waals surface area (Å²) in [5, 5.41) is 11.8. The minimum Gasteiger partial charge on any atom is -0.392 e. The van der Waals surface area contributed by atoms with Crippen molar-refractivity contribution in [1.29, 1.82) is 0 Å². The van der Waals surface area contributed by atoms with Gasteiger partial charge in [0, 0.05) is 30.9 Å².